The molecule has 0 radical (unpaired) electrons. The standard InChI is InChI=1S/C30H32Cl2FN3O4S/c1-2-27(30(38)34-23-10-6-7-11-23)35(19-21-16-17-22(31)18-25(21)32)29(37)20-36(28-15-9-8-14-26(28)33)41(39,40)24-12-4-3-5-13-24/h3-5,8-9,12-18,23,27H,2,6-7,10-11,19-20H2,1H3,(H,34,38)/t27-/m1/s1. The SMILES string of the molecule is CC[C@H](C(=O)NC1CCCC1)N(Cc1ccc(Cl)cc1Cl)C(=O)CN(c1ccccc1F)S(=O)(=O)c1ccccc1. The normalized spacial score (nSPS) is 14.4. The van der Waals surface area contributed by atoms with Gasteiger partial charge in [-0.2, -0.15) is 0 Å². The molecule has 0 heterocycles. The number of sulfonamides is 1. The van der Waals surface area contributed by atoms with Crippen LogP contribution in [-0.2, 0) is 26.2 Å². The van der Waals surface area contributed by atoms with Gasteiger partial charge in [-0.1, -0.05) is 79.4 Å². The molecule has 0 bridgehead atoms. The number of anilines is 1. The van der Waals surface area contributed by atoms with E-state index in [1.807, 2.05) is 0 Å². The highest BCUT2D eigenvalue weighted by molar-refractivity contribution is 7.92. The number of benzene rings is 3. The minimum Gasteiger partial charge on any atom is -0.352 e. The van der Waals surface area contributed by atoms with Gasteiger partial charge in [-0.05, 0) is 61.2 Å². The molecule has 218 valence electrons. The first-order chi connectivity index (χ1) is 19.6. The zero-order valence-corrected chi connectivity index (χ0v) is 24.9. The van der Waals surface area contributed by atoms with E-state index in [1.165, 1.54) is 41.3 Å². The molecule has 0 saturated heterocycles. The Kier molecular flexibility index (Phi) is 10.3. The zero-order valence-electron chi connectivity index (χ0n) is 22.6. The summed E-state index contributed by atoms with van der Waals surface area (Å²) in [7, 11) is -4.36. The molecule has 41 heavy (non-hydrogen) atoms. The summed E-state index contributed by atoms with van der Waals surface area (Å²) in [6.07, 6.45) is 4.01. The third kappa shape index (κ3) is 7.39. The summed E-state index contributed by atoms with van der Waals surface area (Å²) in [4.78, 5) is 28.8. The molecule has 1 fully saturated rings. The second kappa shape index (κ2) is 13.7. The lowest BCUT2D eigenvalue weighted by atomic mass is 10.1. The van der Waals surface area contributed by atoms with E-state index >= 15 is 4.39 Å². The van der Waals surface area contributed by atoms with Crippen LogP contribution in [0.4, 0.5) is 10.1 Å². The van der Waals surface area contributed by atoms with Gasteiger partial charge in [-0.25, -0.2) is 12.8 Å². The van der Waals surface area contributed by atoms with Gasteiger partial charge in [0.1, 0.15) is 18.4 Å². The third-order valence-electron chi connectivity index (χ3n) is 7.17. The number of carbonyl (C=O) groups excluding carboxylic acids is 2. The molecule has 1 atom stereocenters. The third-order valence-corrected chi connectivity index (χ3v) is 9.54. The first-order valence-corrected chi connectivity index (χ1v) is 15.7. The molecule has 1 saturated carbocycles. The number of rotatable bonds is 11. The number of nitrogens with zero attached hydrogens (tertiary/aromatic N) is 2. The van der Waals surface area contributed by atoms with Crippen LogP contribution < -0.4 is 9.62 Å². The summed E-state index contributed by atoms with van der Waals surface area (Å²) >= 11 is 12.5. The summed E-state index contributed by atoms with van der Waals surface area (Å²) in [5, 5.41) is 3.75. The van der Waals surface area contributed by atoms with E-state index in [2.05, 4.69) is 5.32 Å². The Morgan fingerprint density at radius 3 is 2.29 bits per heavy atom. The molecular weight excluding hydrogens is 588 g/mol. The molecule has 4 rings (SSSR count). The van der Waals surface area contributed by atoms with Crippen molar-refractivity contribution in [2.24, 2.45) is 0 Å². The molecule has 0 aliphatic heterocycles. The lowest BCUT2D eigenvalue weighted by Crippen LogP contribution is -2.53. The summed E-state index contributed by atoms with van der Waals surface area (Å²) < 4.78 is 43.3. The molecule has 11 heteroatoms. The van der Waals surface area contributed by atoms with Crippen LogP contribution in [0.5, 0.6) is 0 Å². The molecule has 0 spiro atoms. The Morgan fingerprint density at radius 1 is 1.00 bits per heavy atom. The highest BCUT2D eigenvalue weighted by Crippen LogP contribution is 2.28. The summed E-state index contributed by atoms with van der Waals surface area (Å²) in [5.74, 6) is -1.83. The number of nitrogens with one attached hydrogen (secondary N) is 1. The van der Waals surface area contributed by atoms with E-state index in [9.17, 15) is 18.0 Å². The molecule has 7 nitrogen and oxygen atoms in total. The second-order valence-corrected chi connectivity index (χ2v) is 12.7. The minimum atomic E-state index is -4.36. The topological polar surface area (TPSA) is 86.8 Å². The summed E-state index contributed by atoms with van der Waals surface area (Å²) in [6.45, 7) is 0.955. The molecule has 1 N–H and O–H groups in total. The van der Waals surface area contributed by atoms with Gasteiger partial charge in [-0.15, -0.1) is 0 Å². The fraction of sp³-hybridized carbons (Fsp3) is 0.333. The van der Waals surface area contributed by atoms with Crippen LogP contribution >= 0.6 is 23.2 Å². The van der Waals surface area contributed by atoms with E-state index in [0.717, 1.165) is 36.1 Å². The van der Waals surface area contributed by atoms with E-state index in [4.69, 9.17) is 23.2 Å². The lowest BCUT2D eigenvalue weighted by Gasteiger charge is -2.34. The Morgan fingerprint density at radius 2 is 1.66 bits per heavy atom. The predicted octanol–water partition coefficient (Wildman–Crippen LogP) is 6.19. The van der Waals surface area contributed by atoms with E-state index in [1.54, 1.807) is 37.3 Å². The van der Waals surface area contributed by atoms with Crippen LogP contribution in [0, 0.1) is 5.82 Å². The molecule has 2 amide bonds. The van der Waals surface area contributed by atoms with Crippen molar-refractivity contribution in [3.05, 3.63) is 94.2 Å². The summed E-state index contributed by atoms with van der Waals surface area (Å²) in [5.41, 5.74) is 0.248. The van der Waals surface area contributed by atoms with Crippen molar-refractivity contribution in [3.8, 4) is 0 Å². The smallest absolute Gasteiger partial charge is 0.264 e. The fourth-order valence-corrected chi connectivity index (χ4v) is 6.92. The van der Waals surface area contributed by atoms with Crippen molar-refractivity contribution in [3.63, 3.8) is 0 Å². The number of hydrogen-bond donors (Lipinski definition) is 1. The zero-order chi connectivity index (χ0) is 29.6. The van der Waals surface area contributed by atoms with Gasteiger partial charge in [0.05, 0.1) is 10.6 Å². The quantitative estimate of drug-likeness (QED) is 0.277. The van der Waals surface area contributed by atoms with Crippen LogP contribution in [0.2, 0.25) is 10.0 Å². The van der Waals surface area contributed by atoms with Crippen molar-refractivity contribution in [2.45, 2.75) is 62.6 Å². The van der Waals surface area contributed by atoms with E-state index < -0.39 is 34.3 Å². The van der Waals surface area contributed by atoms with Crippen molar-refractivity contribution in [1.82, 2.24) is 10.2 Å². The van der Waals surface area contributed by atoms with Gasteiger partial charge in [-0.3, -0.25) is 13.9 Å². The van der Waals surface area contributed by atoms with E-state index in [0.29, 0.717) is 15.6 Å². The van der Waals surface area contributed by atoms with Gasteiger partial charge in [0.15, 0.2) is 0 Å². The van der Waals surface area contributed by atoms with Crippen LogP contribution in [0.3, 0.4) is 0 Å². The van der Waals surface area contributed by atoms with E-state index in [-0.39, 0.29) is 35.5 Å². The van der Waals surface area contributed by atoms with Crippen molar-refractivity contribution < 1.29 is 22.4 Å². The molecular formula is C30H32Cl2FN3O4S. The Bertz CT molecular complexity index is 1480. The van der Waals surface area contributed by atoms with Crippen molar-refractivity contribution in [1.29, 1.82) is 0 Å². The van der Waals surface area contributed by atoms with Crippen molar-refractivity contribution in [2.75, 3.05) is 10.8 Å². The highest BCUT2D eigenvalue weighted by atomic mass is 35.5. The molecule has 1 aliphatic carbocycles. The largest absolute Gasteiger partial charge is 0.352 e. The van der Waals surface area contributed by atoms with Gasteiger partial charge in [0, 0.05) is 22.6 Å². The predicted molar refractivity (Wildman–Crippen MR) is 159 cm³/mol. The molecule has 3 aromatic carbocycles. The Balaban J connectivity index is 1.73. The highest BCUT2D eigenvalue weighted by Gasteiger charge is 2.35. The number of para-hydroxylation sites is 1. The minimum absolute atomic E-state index is 0.0148. The Hall–Kier alpha value is -3.14. The number of halogens is 3. The first-order valence-electron chi connectivity index (χ1n) is 13.5. The van der Waals surface area contributed by atoms with Gasteiger partial charge >= 0.3 is 0 Å². The lowest BCUT2D eigenvalue weighted by molar-refractivity contribution is -0.140. The molecule has 0 unspecified atom stereocenters. The molecule has 1 aliphatic rings. The van der Waals surface area contributed by atoms with Gasteiger partial charge in [0.25, 0.3) is 10.0 Å². The van der Waals surface area contributed by atoms with Crippen LogP contribution in [0.1, 0.15) is 44.6 Å². The fourth-order valence-electron chi connectivity index (χ4n) is 5.01. The van der Waals surface area contributed by atoms with Crippen LogP contribution in [-0.4, -0.2) is 43.8 Å². The average molecular weight is 621 g/mol. The second-order valence-electron chi connectivity index (χ2n) is 9.95. The van der Waals surface area contributed by atoms with Crippen LogP contribution in [0.15, 0.2) is 77.7 Å². The number of carbonyl (C=O) groups is 2. The van der Waals surface area contributed by atoms with Gasteiger partial charge < -0.3 is 10.2 Å². The monoisotopic (exact) mass is 619 g/mol. The number of hydrogen-bond acceptors (Lipinski definition) is 4. The maximum atomic E-state index is 15.0. The van der Waals surface area contributed by atoms with Crippen LogP contribution in [0.25, 0.3) is 0 Å². The maximum absolute atomic E-state index is 15.0. The van der Waals surface area contributed by atoms with Crippen molar-refractivity contribution >= 4 is 50.7 Å². The number of amides is 2. The maximum Gasteiger partial charge on any atom is 0.264 e. The molecule has 0 aromatic heterocycles. The first kappa shape index (κ1) is 30.8. The Labute approximate surface area is 250 Å². The van der Waals surface area contributed by atoms with Gasteiger partial charge in [0.2, 0.25) is 11.8 Å². The average Bonchev–Trinajstić information content (AvgIpc) is 3.46. The summed E-state index contributed by atoms with van der Waals surface area (Å²) in [6, 6.07) is 16.8. The molecule has 3 aromatic rings.